The number of methoxy groups -OCH3 is 1. The normalized spacial score (nSPS) is 13.8. The van der Waals surface area contributed by atoms with Crippen LogP contribution in [0.15, 0.2) is 77.7 Å². The van der Waals surface area contributed by atoms with Crippen LogP contribution in [0.3, 0.4) is 0 Å². The summed E-state index contributed by atoms with van der Waals surface area (Å²) in [6.07, 6.45) is 3.64. The van der Waals surface area contributed by atoms with Crippen LogP contribution < -0.4 is 19.3 Å². The first-order valence-corrected chi connectivity index (χ1v) is 13.2. The second-order valence-corrected chi connectivity index (χ2v) is 10.5. The van der Waals surface area contributed by atoms with E-state index >= 15 is 0 Å². The lowest BCUT2D eigenvalue weighted by Crippen LogP contribution is -2.38. The maximum absolute atomic E-state index is 13.5. The molecule has 1 heterocycles. The fraction of sp³-hybridized carbons (Fsp3) is 0.296. The molecule has 35 heavy (non-hydrogen) atoms. The van der Waals surface area contributed by atoms with Gasteiger partial charge < -0.3 is 15.0 Å². The van der Waals surface area contributed by atoms with Crippen molar-refractivity contribution in [3.05, 3.63) is 78.4 Å². The van der Waals surface area contributed by atoms with E-state index in [9.17, 15) is 13.2 Å². The number of hydrogen-bond acceptors (Lipinski definition) is 5. The first kappa shape index (κ1) is 24.6. The molecule has 0 aromatic heterocycles. The van der Waals surface area contributed by atoms with Gasteiger partial charge in [-0.25, -0.2) is 8.42 Å². The fourth-order valence-electron chi connectivity index (χ4n) is 4.14. The van der Waals surface area contributed by atoms with E-state index in [1.807, 2.05) is 31.2 Å². The van der Waals surface area contributed by atoms with Gasteiger partial charge in [0.05, 0.1) is 17.7 Å². The lowest BCUT2D eigenvalue weighted by atomic mass is 10.1. The predicted molar refractivity (Wildman–Crippen MR) is 140 cm³/mol. The van der Waals surface area contributed by atoms with Gasteiger partial charge in [-0.05, 0) is 86.8 Å². The first-order valence-electron chi connectivity index (χ1n) is 11.8. The molecule has 3 aromatic carbocycles. The molecule has 3 aromatic rings. The van der Waals surface area contributed by atoms with Gasteiger partial charge in [0.15, 0.2) is 0 Å². The Morgan fingerprint density at radius 3 is 2.14 bits per heavy atom. The number of amides is 1. The standard InChI is InChI=1S/C27H31N3O4S/c1-21-6-16-26(17-7-21)35(32,33)30(24-12-14-25(34-2)15-13-24)20-27(31)28-22-8-10-23(11-9-22)29-18-4-3-5-19-29/h6-17H,3-5,18-20H2,1-2H3,(H,28,31). The summed E-state index contributed by atoms with van der Waals surface area (Å²) in [6.45, 7) is 3.61. The average Bonchev–Trinajstić information content (AvgIpc) is 2.88. The van der Waals surface area contributed by atoms with Crippen LogP contribution >= 0.6 is 0 Å². The topological polar surface area (TPSA) is 79.0 Å². The van der Waals surface area contributed by atoms with Crippen molar-refractivity contribution in [3.63, 3.8) is 0 Å². The highest BCUT2D eigenvalue weighted by Crippen LogP contribution is 2.27. The molecule has 1 saturated heterocycles. The minimum atomic E-state index is -3.97. The largest absolute Gasteiger partial charge is 0.497 e. The minimum absolute atomic E-state index is 0.123. The van der Waals surface area contributed by atoms with Crippen molar-refractivity contribution in [3.8, 4) is 5.75 Å². The highest BCUT2D eigenvalue weighted by Gasteiger charge is 2.27. The zero-order valence-electron chi connectivity index (χ0n) is 20.1. The highest BCUT2D eigenvalue weighted by atomic mass is 32.2. The number of ether oxygens (including phenoxy) is 1. The summed E-state index contributed by atoms with van der Waals surface area (Å²) in [5, 5.41) is 2.84. The Balaban J connectivity index is 1.54. The van der Waals surface area contributed by atoms with Gasteiger partial charge in [0.25, 0.3) is 10.0 Å². The summed E-state index contributed by atoms with van der Waals surface area (Å²) in [5.41, 5.74) is 3.08. The maximum Gasteiger partial charge on any atom is 0.264 e. The summed E-state index contributed by atoms with van der Waals surface area (Å²) in [4.78, 5) is 15.5. The third-order valence-electron chi connectivity index (χ3n) is 6.13. The van der Waals surface area contributed by atoms with Crippen molar-refractivity contribution >= 4 is 33.0 Å². The van der Waals surface area contributed by atoms with Gasteiger partial charge in [-0.2, -0.15) is 0 Å². The molecule has 0 unspecified atom stereocenters. The Kier molecular flexibility index (Phi) is 7.60. The van der Waals surface area contributed by atoms with Gasteiger partial charge in [0.1, 0.15) is 12.3 Å². The quantitative estimate of drug-likeness (QED) is 0.486. The van der Waals surface area contributed by atoms with Crippen LogP contribution in [0, 0.1) is 6.92 Å². The molecule has 8 heteroatoms. The Morgan fingerprint density at radius 2 is 1.54 bits per heavy atom. The van der Waals surface area contributed by atoms with E-state index < -0.39 is 15.9 Å². The Labute approximate surface area is 207 Å². The van der Waals surface area contributed by atoms with E-state index in [0.717, 1.165) is 28.6 Å². The van der Waals surface area contributed by atoms with Crippen LogP contribution in [0.2, 0.25) is 0 Å². The molecule has 4 rings (SSSR count). The monoisotopic (exact) mass is 493 g/mol. The SMILES string of the molecule is COc1ccc(N(CC(=O)Nc2ccc(N3CCCCC3)cc2)S(=O)(=O)c2ccc(C)cc2)cc1. The van der Waals surface area contributed by atoms with Gasteiger partial charge >= 0.3 is 0 Å². The third-order valence-corrected chi connectivity index (χ3v) is 7.92. The van der Waals surface area contributed by atoms with E-state index in [2.05, 4.69) is 10.2 Å². The number of hydrogen-bond donors (Lipinski definition) is 1. The molecule has 7 nitrogen and oxygen atoms in total. The van der Waals surface area contributed by atoms with E-state index in [0.29, 0.717) is 17.1 Å². The molecule has 0 bridgehead atoms. The van der Waals surface area contributed by atoms with Crippen LogP contribution in [-0.2, 0) is 14.8 Å². The molecular formula is C27H31N3O4S. The summed E-state index contributed by atoms with van der Waals surface area (Å²) >= 11 is 0. The number of nitrogens with one attached hydrogen (secondary N) is 1. The summed E-state index contributed by atoms with van der Waals surface area (Å²) in [6, 6.07) is 20.9. The van der Waals surface area contributed by atoms with Crippen molar-refractivity contribution in [2.45, 2.75) is 31.1 Å². The lowest BCUT2D eigenvalue weighted by molar-refractivity contribution is -0.114. The van der Waals surface area contributed by atoms with Crippen LogP contribution in [-0.4, -0.2) is 41.1 Å². The van der Waals surface area contributed by atoms with E-state index in [1.54, 1.807) is 55.6 Å². The number of piperidine rings is 1. The average molecular weight is 494 g/mol. The molecule has 1 amide bonds. The summed E-state index contributed by atoms with van der Waals surface area (Å²) < 4.78 is 33.3. The van der Waals surface area contributed by atoms with Crippen molar-refractivity contribution < 1.29 is 17.9 Å². The summed E-state index contributed by atoms with van der Waals surface area (Å²) in [7, 11) is -2.43. The van der Waals surface area contributed by atoms with Crippen LogP contribution in [0.1, 0.15) is 24.8 Å². The molecule has 1 N–H and O–H groups in total. The van der Waals surface area contributed by atoms with Gasteiger partial charge in [-0.15, -0.1) is 0 Å². The number of sulfonamides is 1. The second-order valence-electron chi connectivity index (χ2n) is 8.67. The number of anilines is 3. The van der Waals surface area contributed by atoms with E-state index in [-0.39, 0.29) is 11.4 Å². The van der Waals surface area contributed by atoms with Gasteiger partial charge in [0.2, 0.25) is 5.91 Å². The Morgan fingerprint density at radius 1 is 0.914 bits per heavy atom. The molecule has 0 spiro atoms. The fourth-order valence-corrected chi connectivity index (χ4v) is 5.56. The smallest absolute Gasteiger partial charge is 0.264 e. The Hall–Kier alpha value is -3.52. The van der Waals surface area contributed by atoms with Gasteiger partial charge in [-0.1, -0.05) is 17.7 Å². The first-order chi connectivity index (χ1) is 16.9. The second kappa shape index (κ2) is 10.8. The molecule has 1 aliphatic rings. The molecule has 0 atom stereocenters. The third kappa shape index (κ3) is 5.95. The number of nitrogens with zero attached hydrogens (tertiary/aromatic N) is 2. The molecule has 1 fully saturated rings. The zero-order chi connectivity index (χ0) is 24.8. The predicted octanol–water partition coefficient (Wildman–Crippen LogP) is 4.83. The van der Waals surface area contributed by atoms with Crippen LogP contribution in [0.4, 0.5) is 17.1 Å². The number of carbonyl (C=O) groups excluding carboxylic acids is 1. The van der Waals surface area contributed by atoms with Crippen molar-refractivity contribution in [2.75, 3.05) is 41.3 Å². The minimum Gasteiger partial charge on any atom is -0.497 e. The van der Waals surface area contributed by atoms with Gasteiger partial charge in [0, 0.05) is 24.5 Å². The van der Waals surface area contributed by atoms with Crippen molar-refractivity contribution in [1.29, 1.82) is 0 Å². The number of benzene rings is 3. The molecule has 0 radical (unpaired) electrons. The zero-order valence-corrected chi connectivity index (χ0v) is 20.9. The number of aryl methyl sites for hydroxylation is 1. The lowest BCUT2D eigenvalue weighted by Gasteiger charge is -2.29. The molecule has 184 valence electrons. The van der Waals surface area contributed by atoms with E-state index in [4.69, 9.17) is 4.74 Å². The molecule has 0 aliphatic carbocycles. The van der Waals surface area contributed by atoms with Crippen molar-refractivity contribution in [2.24, 2.45) is 0 Å². The maximum atomic E-state index is 13.5. The number of carbonyl (C=O) groups is 1. The molecule has 0 saturated carbocycles. The molecule has 1 aliphatic heterocycles. The molecular weight excluding hydrogens is 462 g/mol. The van der Waals surface area contributed by atoms with E-state index in [1.165, 1.54) is 19.3 Å². The number of rotatable bonds is 8. The highest BCUT2D eigenvalue weighted by molar-refractivity contribution is 7.92. The van der Waals surface area contributed by atoms with Crippen molar-refractivity contribution in [1.82, 2.24) is 0 Å². The summed E-state index contributed by atoms with van der Waals surface area (Å²) in [5.74, 6) is 0.168. The van der Waals surface area contributed by atoms with Gasteiger partial charge in [-0.3, -0.25) is 9.10 Å². The van der Waals surface area contributed by atoms with Crippen LogP contribution in [0.25, 0.3) is 0 Å². The Bertz CT molecular complexity index is 1240. The van der Waals surface area contributed by atoms with Crippen LogP contribution in [0.5, 0.6) is 5.75 Å².